The molecule has 0 saturated carbocycles. The predicted molar refractivity (Wildman–Crippen MR) is 88.5 cm³/mol. The molecule has 7 heteroatoms. The van der Waals surface area contributed by atoms with Crippen LogP contribution in [0.3, 0.4) is 0 Å². The number of hydrogen-bond acceptors (Lipinski definition) is 4. The number of rotatable bonds is 7. The molecular weight excluding hydrogens is 337 g/mol. The van der Waals surface area contributed by atoms with Crippen LogP contribution >= 0.6 is 11.6 Å². The highest BCUT2D eigenvalue weighted by molar-refractivity contribution is 6.30. The molecule has 0 spiro atoms. The maximum absolute atomic E-state index is 13.6. The van der Waals surface area contributed by atoms with E-state index in [1.165, 1.54) is 24.3 Å². The zero-order chi connectivity index (χ0) is 17.5. The first-order chi connectivity index (χ1) is 11.5. The van der Waals surface area contributed by atoms with Crippen LogP contribution in [-0.4, -0.2) is 25.4 Å². The highest BCUT2D eigenvalue weighted by atomic mass is 35.5. The predicted octanol–water partition coefficient (Wildman–Crippen LogP) is 3.71. The molecule has 126 valence electrons. The third-order valence-electron chi connectivity index (χ3n) is 2.97. The van der Waals surface area contributed by atoms with E-state index < -0.39 is 11.7 Å². The number of ether oxygens (including phenoxy) is 2. The van der Waals surface area contributed by atoms with E-state index in [4.69, 9.17) is 21.1 Å². The molecule has 0 aliphatic heterocycles. The second-order valence-electron chi connectivity index (χ2n) is 4.72. The van der Waals surface area contributed by atoms with Crippen molar-refractivity contribution in [1.82, 2.24) is 0 Å². The Hall–Kier alpha value is -2.60. The van der Waals surface area contributed by atoms with Gasteiger partial charge >= 0.3 is 0 Å². The topological polar surface area (TPSA) is 64.6 Å². The number of benzene rings is 2. The monoisotopic (exact) mass is 351 g/mol. The van der Waals surface area contributed by atoms with E-state index in [9.17, 15) is 14.0 Å². The molecule has 5 nitrogen and oxygen atoms in total. The molecule has 0 unspecified atom stereocenters. The molecule has 2 rings (SSSR count). The zero-order valence-corrected chi connectivity index (χ0v) is 13.6. The first-order valence-corrected chi connectivity index (χ1v) is 7.51. The largest absolute Gasteiger partial charge is 0.490 e. The van der Waals surface area contributed by atoms with Gasteiger partial charge in [-0.25, -0.2) is 4.39 Å². The van der Waals surface area contributed by atoms with Gasteiger partial charge in [0, 0.05) is 10.6 Å². The van der Waals surface area contributed by atoms with Crippen molar-refractivity contribution >= 4 is 29.5 Å². The molecule has 0 saturated heterocycles. The van der Waals surface area contributed by atoms with Crippen molar-refractivity contribution in [2.75, 3.05) is 18.5 Å². The van der Waals surface area contributed by atoms with E-state index in [1.54, 1.807) is 13.0 Å². The van der Waals surface area contributed by atoms with Gasteiger partial charge in [-0.1, -0.05) is 11.6 Å². The Balaban J connectivity index is 2.02. The summed E-state index contributed by atoms with van der Waals surface area (Å²) in [7, 11) is 0. The molecule has 0 bridgehead atoms. The fraction of sp³-hybridized carbons (Fsp3) is 0.176. The summed E-state index contributed by atoms with van der Waals surface area (Å²) in [4.78, 5) is 22.7. The average molecular weight is 352 g/mol. The second kappa shape index (κ2) is 8.31. The lowest BCUT2D eigenvalue weighted by Gasteiger charge is -2.12. The number of aldehydes is 1. The van der Waals surface area contributed by atoms with Crippen LogP contribution in [0.15, 0.2) is 36.4 Å². The number of hydrogen-bond donors (Lipinski definition) is 1. The standard InChI is InChI=1S/C17H15ClFNO4/c1-2-23-16-7-11(9-21)3-6-15(16)24-10-17(22)20-14-5-4-12(18)8-13(14)19/h3-9H,2,10H2,1H3,(H,20,22). The van der Waals surface area contributed by atoms with Gasteiger partial charge in [-0.2, -0.15) is 0 Å². The molecule has 2 aromatic rings. The minimum atomic E-state index is -0.638. The van der Waals surface area contributed by atoms with E-state index in [1.807, 2.05) is 0 Å². The summed E-state index contributed by atoms with van der Waals surface area (Å²) in [6.45, 7) is 1.82. The summed E-state index contributed by atoms with van der Waals surface area (Å²) >= 11 is 5.65. The van der Waals surface area contributed by atoms with Crippen molar-refractivity contribution in [1.29, 1.82) is 0 Å². The van der Waals surface area contributed by atoms with Crippen molar-refractivity contribution in [2.45, 2.75) is 6.92 Å². The highest BCUT2D eigenvalue weighted by Crippen LogP contribution is 2.28. The first kappa shape index (κ1) is 17.7. The van der Waals surface area contributed by atoms with Crippen molar-refractivity contribution in [2.24, 2.45) is 0 Å². The van der Waals surface area contributed by atoms with Gasteiger partial charge in [0.2, 0.25) is 0 Å². The highest BCUT2D eigenvalue weighted by Gasteiger charge is 2.11. The SMILES string of the molecule is CCOc1cc(C=O)ccc1OCC(=O)Nc1ccc(Cl)cc1F. The molecule has 1 amide bonds. The number of carbonyl (C=O) groups is 2. The normalized spacial score (nSPS) is 10.1. The summed E-state index contributed by atoms with van der Waals surface area (Å²) in [5.74, 6) is -0.513. The molecule has 2 aromatic carbocycles. The van der Waals surface area contributed by atoms with Crippen LogP contribution in [0.2, 0.25) is 5.02 Å². The Morgan fingerprint density at radius 3 is 2.67 bits per heavy atom. The van der Waals surface area contributed by atoms with Gasteiger partial charge in [0.25, 0.3) is 5.91 Å². The van der Waals surface area contributed by atoms with Crippen LogP contribution in [0, 0.1) is 5.82 Å². The third kappa shape index (κ3) is 4.70. The Labute approximate surface area is 143 Å². The Kier molecular flexibility index (Phi) is 6.14. The maximum atomic E-state index is 13.6. The number of carbonyl (C=O) groups excluding carboxylic acids is 2. The molecule has 24 heavy (non-hydrogen) atoms. The molecule has 0 aliphatic rings. The Morgan fingerprint density at radius 2 is 2.00 bits per heavy atom. The summed E-state index contributed by atoms with van der Waals surface area (Å²) in [5.41, 5.74) is 0.438. The van der Waals surface area contributed by atoms with Gasteiger partial charge in [-0.05, 0) is 43.3 Å². The summed E-state index contributed by atoms with van der Waals surface area (Å²) in [5, 5.41) is 2.62. The number of anilines is 1. The molecule has 0 radical (unpaired) electrons. The van der Waals surface area contributed by atoms with Crippen molar-refractivity contribution in [3.05, 3.63) is 52.8 Å². The van der Waals surface area contributed by atoms with Crippen LogP contribution in [0.5, 0.6) is 11.5 Å². The van der Waals surface area contributed by atoms with Crippen molar-refractivity contribution in [3.63, 3.8) is 0 Å². The lowest BCUT2D eigenvalue weighted by Crippen LogP contribution is -2.21. The summed E-state index contributed by atoms with van der Waals surface area (Å²) in [6, 6.07) is 8.52. The van der Waals surface area contributed by atoms with E-state index in [0.717, 1.165) is 6.07 Å². The van der Waals surface area contributed by atoms with Gasteiger partial charge in [-0.15, -0.1) is 0 Å². The van der Waals surface area contributed by atoms with Crippen LogP contribution in [0.1, 0.15) is 17.3 Å². The van der Waals surface area contributed by atoms with E-state index in [-0.39, 0.29) is 17.3 Å². The average Bonchev–Trinajstić information content (AvgIpc) is 2.56. The Morgan fingerprint density at radius 1 is 1.21 bits per heavy atom. The van der Waals surface area contributed by atoms with Crippen LogP contribution in [0.4, 0.5) is 10.1 Å². The van der Waals surface area contributed by atoms with E-state index >= 15 is 0 Å². The summed E-state index contributed by atoms with van der Waals surface area (Å²) < 4.78 is 24.4. The van der Waals surface area contributed by atoms with Gasteiger partial charge < -0.3 is 14.8 Å². The lowest BCUT2D eigenvalue weighted by molar-refractivity contribution is -0.118. The van der Waals surface area contributed by atoms with Gasteiger partial charge in [0.15, 0.2) is 18.1 Å². The Bertz CT molecular complexity index is 751. The van der Waals surface area contributed by atoms with Gasteiger partial charge in [-0.3, -0.25) is 9.59 Å². The smallest absolute Gasteiger partial charge is 0.262 e. The molecule has 0 fully saturated rings. The lowest BCUT2D eigenvalue weighted by atomic mass is 10.2. The molecule has 0 heterocycles. The number of halogens is 2. The number of amides is 1. The number of nitrogens with one attached hydrogen (secondary N) is 1. The molecule has 1 N–H and O–H groups in total. The second-order valence-corrected chi connectivity index (χ2v) is 5.15. The molecule has 0 aromatic heterocycles. The fourth-order valence-corrected chi connectivity index (χ4v) is 2.06. The first-order valence-electron chi connectivity index (χ1n) is 7.13. The van der Waals surface area contributed by atoms with Gasteiger partial charge in [0.1, 0.15) is 12.1 Å². The third-order valence-corrected chi connectivity index (χ3v) is 3.20. The summed E-state index contributed by atoms with van der Waals surface area (Å²) in [6.07, 6.45) is 0.683. The molecular formula is C17H15ClFNO4. The fourth-order valence-electron chi connectivity index (χ4n) is 1.91. The van der Waals surface area contributed by atoms with E-state index in [0.29, 0.717) is 30.0 Å². The van der Waals surface area contributed by atoms with Crippen molar-refractivity contribution in [3.8, 4) is 11.5 Å². The van der Waals surface area contributed by atoms with Crippen LogP contribution < -0.4 is 14.8 Å². The van der Waals surface area contributed by atoms with E-state index in [2.05, 4.69) is 5.32 Å². The maximum Gasteiger partial charge on any atom is 0.262 e. The molecule has 0 atom stereocenters. The minimum absolute atomic E-state index is 0.00864. The van der Waals surface area contributed by atoms with Crippen LogP contribution in [0.25, 0.3) is 0 Å². The minimum Gasteiger partial charge on any atom is -0.490 e. The quantitative estimate of drug-likeness (QED) is 0.772. The van der Waals surface area contributed by atoms with Crippen molar-refractivity contribution < 1.29 is 23.5 Å². The van der Waals surface area contributed by atoms with Crippen LogP contribution in [-0.2, 0) is 4.79 Å². The molecule has 0 aliphatic carbocycles. The zero-order valence-electron chi connectivity index (χ0n) is 12.8. The van der Waals surface area contributed by atoms with Gasteiger partial charge in [0.05, 0.1) is 12.3 Å².